The molecule has 0 saturated heterocycles. The largest absolute Gasteiger partial charge is 0.394 e. The zero-order valence-electron chi connectivity index (χ0n) is 45.5. The predicted molar refractivity (Wildman–Crippen MR) is 312 cm³/mol. The summed E-state index contributed by atoms with van der Waals surface area (Å²) < 4.78 is 0. The summed E-state index contributed by atoms with van der Waals surface area (Å²) in [6.45, 7) is 4.19. The van der Waals surface area contributed by atoms with Gasteiger partial charge in [0.25, 0.3) is 0 Å². The normalized spacial score (nSPS) is 13.9. The molecule has 0 aliphatic rings. The molecule has 0 aromatic rings. The van der Waals surface area contributed by atoms with Crippen molar-refractivity contribution in [1.29, 1.82) is 0 Å². The number of carbonyl (C=O) groups is 1. The standard InChI is InChI=1S/C66H109NO3/c1-3-5-7-9-11-13-15-17-19-21-23-24-25-26-27-28-29-30-31-32-33-34-35-36-37-38-39-40-41-42-44-46-48-50-52-54-56-58-60-62-66(70)67-64(63-68)65(69)61-59-57-55-53-51-49-47-45-43-22-20-18-16-14-12-10-8-6-4-2/h5,7,11,13,17,19,23-24,26-27,29-30,32-33,35-36,38-39,41-42,46,48,59,61,64-65,68-69H,3-4,6,8-10,12,14-16,18,20-22,25,28,31,34,37,40,43-45,47,49-58,60,62-63H2,1-2H3,(H,67,70)/b7-5-,13-11-,19-17-,24-23-,27-26-,30-29-,33-32-,36-35-,39-38-,42-41-,48-46-,61-59+. The maximum absolute atomic E-state index is 12.5. The summed E-state index contributed by atoms with van der Waals surface area (Å²) in [4.78, 5) is 12.5. The van der Waals surface area contributed by atoms with Crippen LogP contribution in [-0.2, 0) is 4.79 Å². The molecule has 0 aromatic heterocycles. The molecule has 0 spiro atoms. The second kappa shape index (κ2) is 59.6. The van der Waals surface area contributed by atoms with Crippen LogP contribution < -0.4 is 5.32 Å². The Balaban J connectivity index is 3.68. The lowest BCUT2D eigenvalue weighted by Gasteiger charge is -2.20. The molecule has 4 heteroatoms. The van der Waals surface area contributed by atoms with E-state index in [1.807, 2.05) is 6.08 Å². The minimum Gasteiger partial charge on any atom is -0.394 e. The SMILES string of the molecule is CC/C=C\C/C=C\C/C=C\C/C=C\C/C=C\C/C=C\C/C=C\C/C=C\C/C=C\C/C=C\C/C=C\CCCCCCCC(=O)NC(CO)C(O)/C=C/CCCCCCCCCCCCCCCCCCC. The topological polar surface area (TPSA) is 69.6 Å². The second-order valence-corrected chi connectivity index (χ2v) is 19.0. The lowest BCUT2D eigenvalue weighted by atomic mass is 10.0. The first-order valence-corrected chi connectivity index (χ1v) is 29.0. The number of nitrogens with one attached hydrogen (secondary N) is 1. The lowest BCUT2D eigenvalue weighted by Crippen LogP contribution is -2.45. The van der Waals surface area contributed by atoms with Crippen LogP contribution in [0.2, 0.25) is 0 Å². The van der Waals surface area contributed by atoms with Gasteiger partial charge in [0, 0.05) is 6.42 Å². The van der Waals surface area contributed by atoms with Gasteiger partial charge in [-0.1, -0.05) is 282 Å². The van der Waals surface area contributed by atoms with E-state index in [1.165, 1.54) is 116 Å². The van der Waals surface area contributed by atoms with Crippen LogP contribution in [0.15, 0.2) is 146 Å². The summed E-state index contributed by atoms with van der Waals surface area (Å²) in [6, 6.07) is -0.644. The minimum atomic E-state index is -0.858. The molecule has 4 nitrogen and oxygen atoms in total. The van der Waals surface area contributed by atoms with Gasteiger partial charge in [-0.15, -0.1) is 0 Å². The van der Waals surface area contributed by atoms with Gasteiger partial charge in [-0.3, -0.25) is 4.79 Å². The van der Waals surface area contributed by atoms with Gasteiger partial charge in [0.05, 0.1) is 18.8 Å². The number of amides is 1. The third-order valence-electron chi connectivity index (χ3n) is 12.3. The Hall–Kier alpha value is -3.73. The van der Waals surface area contributed by atoms with Crippen molar-refractivity contribution >= 4 is 5.91 Å². The van der Waals surface area contributed by atoms with Gasteiger partial charge in [0.2, 0.25) is 5.91 Å². The maximum atomic E-state index is 12.5. The number of unbranched alkanes of at least 4 members (excludes halogenated alkanes) is 22. The van der Waals surface area contributed by atoms with Crippen molar-refractivity contribution in [3.05, 3.63) is 146 Å². The van der Waals surface area contributed by atoms with Gasteiger partial charge in [0.15, 0.2) is 0 Å². The molecule has 2 unspecified atom stereocenters. The molecular formula is C66H109NO3. The summed E-state index contributed by atoms with van der Waals surface area (Å²) in [5, 5.41) is 23.1. The first-order chi connectivity index (χ1) is 34.7. The Bertz CT molecular complexity index is 1470. The molecule has 0 rings (SSSR count). The van der Waals surface area contributed by atoms with E-state index in [4.69, 9.17) is 0 Å². The number of hydrogen-bond acceptors (Lipinski definition) is 3. The maximum Gasteiger partial charge on any atom is 0.220 e. The van der Waals surface area contributed by atoms with E-state index in [1.54, 1.807) is 6.08 Å². The Morgan fingerprint density at radius 1 is 0.357 bits per heavy atom. The van der Waals surface area contributed by atoms with E-state index < -0.39 is 12.1 Å². The van der Waals surface area contributed by atoms with E-state index in [0.717, 1.165) is 109 Å². The average Bonchev–Trinajstić information content (AvgIpc) is 3.36. The van der Waals surface area contributed by atoms with Crippen molar-refractivity contribution in [2.75, 3.05) is 6.61 Å². The first kappa shape index (κ1) is 66.3. The van der Waals surface area contributed by atoms with E-state index in [9.17, 15) is 15.0 Å². The number of allylic oxidation sites excluding steroid dienone is 23. The first-order valence-electron chi connectivity index (χ1n) is 29.0. The van der Waals surface area contributed by atoms with Gasteiger partial charge in [-0.2, -0.15) is 0 Å². The minimum absolute atomic E-state index is 0.0877. The van der Waals surface area contributed by atoms with Gasteiger partial charge >= 0.3 is 0 Å². The fraction of sp³-hybridized carbons (Fsp3) is 0.621. The smallest absolute Gasteiger partial charge is 0.220 e. The van der Waals surface area contributed by atoms with Gasteiger partial charge in [-0.25, -0.2) is 0 Å². The molecule has 0 radical (unpaired) electrons. The highest BCUT2D eigenvalue weighted by Gasteiger charge is 2.18. The monoisotopic (exact) mass is 964 g/mol. The van der Waals surface area contributed by atoms with Crippen molar-refractivity contribution in [2.45, 2.75) is 257 Å². The van der Waals surface area contributed by atoms with E-state index in [2.05, 4.69) is 153 Å². The quantitative estimate of drug-likeness (QED) is 0.0420. The fourth-order valence-electron chi connectivity index (χ4n) is 7.95. The van der Waals surface area contributed by atoms with Crippen molar-refractivity contribution in [3.63, 3.8) is 0 Å². The molecule has 0 fully saturated rings. The highest BCUT2D eigenvalue weighted by atomic mass is 16.3. The highest BCUT2D eigenvalue weighted by Crippen LogP contribution is 2.15. The molecular weight excluding hydrogens is 855 g/mol. The summed E-state index contributed by atoms with van der Waals surface area (Å²) in [5.41, 5.74) is 0. The molecule has 0 aliphatic carbocycles. The third-order valence-corrected chi connectivity index (χ3v) is 12.3. The van der Waals surface area contributed by atoms with Crippen molar-refractivity contribution in [3.8, 4) is 0 Å². The number of hydrogen-bond donors (Lipinski definition) is 3. The molecule has 0 heterocycles. The van der Waals surface area contributed by atoms with Crippen LogP contribution in [0.5, 0.6) is 0 Å². The fourth-order valence-corrected chi connectivity index (χ4v) is 7.95. The molecule has 0 bridgehead atoms. The number of aliphatic hydroxyl groups excluding tert-OH is 2. The summed E-state index contributed by atoms with van der Waals surface area (Å²) >= 11 is 0. The molecule has 3 N–H and O–H groups in total. The number of carbonyl (C=O) groups excluding carboxylic acids is 1. The van der Waals surface area contributed by atoms with Crippen LogP contribution in [-0.4, -0.2) is 34.9 Å². The van der Waals surface area contributed by atoms with Crippen LogP contribution in [0.1, 0.15) is 245 Å². The van der Waals surface area contributed by atoms with Crippen LogP contribution in [0.3, 0.4) is 0 Å². The molecule has 2 atom stereocenters. The summed E-state index contributed by atoms with van der Waals surface area (Å²) in [5.74, 6) is -0.0877. The zero-order valence-corrected chi connectivity index (χ0v) is 45.5. The lowest BCUT2D eigenvalue weighted by molar-refractivity contribution is -0.123. The Morgan fingerprint density at radius 3 is 0.943 bits per heavy atom. The van der Waals surface area contributed by atoms with E-state index in [0.29, 0.717) is 6.42 Å². The third kappa shape index (κ3) is 55.2. The molecule has 1 amide bonds. The van der Waals surface area contributed by atoms with Gasteiger partial charge < -0.3 is 15.5 Å². The Labute approximate surface area is 433 Å². The molecule has 0 saturated carbocycles. The van der Waals surface area contributed by atoms with Crippen LogP contribution in [0, 0.1) is 0 Å². The van der Waals surface area contributed by atoms with E-state index in [-0.39, 0.29) is 12.5 Å². The Kier molecular flexibility index (Phi) is 56.4. The van der Waals surface area contributed by atoms with Crippen molar-refractivity contribution in [1.82, 2.24) is 5.32 Å². The highest BCUT2D eigenvalue weighted by molar-refractivity contribution is 5.76. The van der Waals surface area contributed by atoms with Crippen molar-refractivity contribution in [2.24, 2.45) is 0 Å². The van der Waals surface area contributed by atoms with Crippen LogP contribution >= 0.6 is 0 Å². The van der Waals surface area contributed by atoms with Gasteiger partial charge in [-0.05, 0) is 103 Å². The Morgan fingerprint density at radius 2 is 0.629 bits per heavy atom. The van der Waals surface area contributed by atoms with E-state index >= 15 is 0 Å². The average molecular weight is 965 g/mol. The van der Waals surface area contributed by atoms with Gasteiger partial charge in [0.1, 0.15) is 0 Å². The molecule has 396 valence electrons. The molecule has 0 aliphatic heterocycles. The molecule has 0 aromatic carbocycles. The summed E-state index contributed by atoms with van der Waals surface area (Å²) in [6.07, 6.45) is 94.3. The predicted octanol–water partition coefficient (Wildman–Crippen LogP) is 19.6. The van der Waals surface area contributed by atoms with Crippen LogP contribution in [0.25, 0.3) is 0 Å². The number of aliphatic hydroxyl groups is 2. The van der Waals surface area contributed by atoms with Crippen LogP contribution in [0.4, 0.5) is 0 Å². The molecule has 70 heavy (non-hydrogen) atoms. The zero-order chi connectivity index (χ0) is 50.6. The van der Waals surface area contributed by atoms with Crippen molar-refractivity contribution < 1.29 is 15.0 Å². The number of rotatable bonds is 51. The second-order valence-electron chi connectivity index (χ2n) is 19.0. The summed E-state index contributed by atoms with van der Waals surface area (Å²) in [7, 11) is 0.